The highest BCUT2D eigenvalue weighted by Crippen LogP contribution is 2.35. The maximum atomic E-state index is 15.0. The second-order valence-electron chi connectivity index (χ2n) is 9.17. The number of benzene rings is 2. The first-order valence-electron chi connectivity index (χ1n) is 12.1. The summed E-state index contributed by atoms with van der Waals surface area (Å²) in [4.78, 5) is 9.76. The molecule has 0 fully saturated rings. The molecule has 0 aliphatic carbocycles. The Bertz CT molecular complexity index is 1450. The normalized spacial score (nSPS) is 15.1. The van der Waals surface area contributed by atoms with Crippen molar-refractivity contribution in [3.8, 4) is 11.1 Å². The SMILES string of the molecule is OCC(O)CN1CC=C(c2cc3c(-c4cc(NCc5cccc(F)c5)c(F)cc4F)ccnc3[nH]2)CC1. The highest BCUT2D eigenvalue weighted by atomic mass is 19.1. The van der Waals surface area contributed by atoms with E-state index in [-0.39, 0.29) is 30.2 Å². The molecular formula is C28H27F3N4O2. The summed E-state index contributed by atoms with van der Waals surface area (Å²) < 4.78 is 43.1. The van der Waals surface area contributed by atoms with E-state index in [1.165, 1.54) is 18.2 Å². The summed E-state index contributed by atoms with van der Waals surface area (Å²) in [5, 5.41) is 22.4. The molecule has 3 heterocycles. The summed E-state index contributed by atoms with van der Waals surface area (Å²) in [6.07, 6.45) is 3.60. The zero-order valence-corrected chi connectivity index (χ0v) is 20.0. The standard InChI is InChI=1S/C28H27F3N4O2/c29-19-3-1-2-17(10-19)14-33-27-11-22(24(30)13-25(27)31)21-4-7-32-28-23(21)12-26(34-28)18-5-8-35(9-6-18)15-20(37)16-36/h1-5,7,10-13,20,33,36-37H,6,8-9,14-16H2,(H,32,34). The highest BCUT2D eigenvalue weighted by molar-refractivity contribution is 5.96. The number of aliphatic hydroxyl groups is 2. The number of aromatic nitrogens is 2. The zero-order valence-electron chi connectivity index (χ0n) is 20.0. The number of anilines is 1. The van der Waals surface area contributed by atoms with Crippen LogP contribution >= 0.6 is 0 Å². The zero-order chi connectivity index (χ0) is 25.9. The van der Waals surface area contributed by atoms with Gasteiger partial charge in [-0.3, -0.25) is 4.90 Å². The molecule has 4 N–H and O–H groups in total. The molecule has 0 spiro atoms. The molecule has 5 rings (SSSR count). The second-order valence-corrected chi connectivity index (χ2v) is 9.17. The number of aliphatic hydroxyl groups excluding tert-OH is 2. The van der Waals surface area contributed by atoms with Crippen molar-refractivity contribution in [2.45, 2.75) is 19.1 Å². The lowest BCUT2D eigenvalue weighted by molar-refractivity contribution is 0.0623. The van der Waals surface area contributed by atoms with Crippen molar-refractivity contribution >= 4 is 22.3 Å². The Morgan fingerprint density at radius 3 is 2.68 bits per heavy atom. The molecule has 1 unspecified atom stereocenters. The van der Waals surface area contributed by atoms with Gasteiger partial charge in [0.15, 0.2) is 0 Å². The van der Waals surface area contributed by atoms with Crippen LogP contribution in [0.15, 0.2) is 60.8 Å². The van der Waals surface area contributed by atoms with Crippen LogP contribution in [0.1, 0.15) is 17.7 Å². The second kappa shape index (κ2) is 10.8. The largest absolute Gasteiger partial charge is 0.394 e. The van der Waals surface area contributed by atoms with Crippen LogP contribution in [0.4, 0.5) is 18.9 Å². The van der Waals surface area contributed by atoms with Crippen LogP contribution in [0.25, 0.3) is 27.7 Å². The minimum absolute atomic E-state index is 0.113. The van der Waals surface area contributed by atoms with Gasteiger partial charge >= 0.3 is 0 Å². The van der Waals surface area contributed by atoms with E-state index < -0.39 is 17.7 Å². The number of fused-ring (bicyclic) bond motifs is 1. The van der Waals surface area contributed by atoms with Crippen LogP contribution in [0, 0.1) is 17.5 Å². The molecule has 0 radical (unpaired) electrons. The van der Waals surface area contributed by atoms with Gasteiger partial charge in [-0.05, 0) is 53.5 Å². The van der Waals surface area contributed by atoms with Crippen molar-refractivity contribution in [2.24, 2.45) is 0 Å². The van der Waals surface area contributed by atoms with E-state index in [2.05, 4.69) is 26.3 Å². The first-order valence-corrected chi connectivity index (χ1v) is 12.1. The molecule has 1 aliphatic rings. The highest BCUT2D eigenvalue weighted by Gasteiger charge is 2.19. The van der Waals surface area contributed by atoms with Crippen LogP contribution in [-0.4, -0.2) is 57.4 Å². The summed E-state index contributed by atoms with van der Waals surface area (Å²) in [5.41, 5.74) is 4.08. The van der Waals surface area contributed by atoms with E-state index in [1.807, 2.05) is 6.07 Å². The lowest BCUT2D eigenvalue weighted by Crippen LogP contribution is -2.37. The first-order chi connectivity index (χ1) is 17.9. The van der Waals surface area contributed by atoms with Gasteiger partial charge in [-0.25, -0.2) is 18.2 Å². The van der Waals surface area contributed by atoms with Crippen molar-refractivity contribution in [3.63, 3.8) is 0 Å². The smallest absolute Gasteiger partial charge is 0.149 e. The van der Waals surface area contributed by atoms with Gasteiger partial charge in [0.1, 0.15) is 23.1 Å². The maximum Gasteiger partial charge on any atom is 0.149 e. The minimum atomic E-state index is -0.770. The molecule has 0 saturated carbocycles. The average Bonchev–Trinajstić information content (AvgIpc) is 3.33. The van der Waals surface area contributed by atoms with E-state index in [1.54, 1.807) is 24.4 Å². The number of halogens is 3. The Morgan fingerprint density at radius 2 is 1.92 bits per heavy atom. The molecule has 9 heteroatoms. The van der Waals surface area contributed by atoms with E-state index >= 15 is 0 Å². The number of β-amino-alcohol motifs (C(OH)–C–C–N with tert-alkyl or cyclic N) is 1. The summed E-state index contributed by atoms with van der Waals surface area (Å²) in [7, 11) is 0. The molecule has 4 aromatic rings. The predicted molar refractivity (Wildman–Crippen MR) is 137 cm³/mol. The monoisotopic (exact) mass is 508 g/mol. The third-order valence-corrected chi connectivity index (χ3v) is 6.57. The van der Waals surface area contributed by atoms with Crippen molar-refractivity contribution in [3.05, 3.63) is 89.5 Å². The Hall–Kier alpha value is -3.66. The van der Waals surface area contributed by atoms with Crippen molar-refractivity contribution in [2.75, 3.05) is 31.6 Å². The minimum Gasteiger partial charge on any atom is -0.394 e. The van der Waals surface area contributed by atoms with Gasteiger partial charge < -0.3 is 20.5 Å². The van der Waals surface area contributed by atoms with Crippen LogP contribution in [0.2, 0.25) is 0 Å². The lowest BCUT2D eigenvalue weighted by Gasteiger charge is -2.27. The Morgan fingerprint density at radius 1 is 1.05 bits per heavy atom. The number of aromatic amines is 1. The summed E-state index contributed by atoms with van der Waals surface area (Å²) in [6, 6.07) is 11.9. The molecule has 0 amide bonds. The number of pyridine rings is 1. The molecule has 2 aromatic heterocycles. The summed E-state index contributed by atoms with van der Waals surface area (Å²) in [5.74, 6) is -1.81. The van der Waals surface area contributed by atoms with E-state index in [4.69, 9.17) is 5.11 Å². The Kier molecular flexibility index (Phi) is 7.27. The van der Waals surface area contributed by atoms with Gasteiger partial charge in [-0.1, -0.05) is 18.2 Å². The third-order valence-electron chi connectivity index (χ3n) is 6.57. The van der Waals surface area contributed by atoms with Crippen molar-refractivity contribution in [1.29, 1.82) is 0 Å². The van der Waals surface area contributed by atoms with Gasteiger partial charge in [0, 0.05) is 55.1 Å². The van der Waals surface area contributed by atoms with Crippen molar-refractivity contribution < 1.29 is 23.4 Å². The van der Waals surface area contributed by atoms with Gasteiger partial charge in [-0.15, -0.1) is 0 Å². The van der Waals surface area contributed by atoms with Crippen LogP contribution < -0.4 is 5.32 Å². The van der Waals surface area contributed by atoms with Crippen molar-refractivity contribution in [1.82, 2.24) is 14.9 Å². The molecule has 2 aromatic carbocycles. The molecule has 37 heavy (non-hydrogen) atoms. The van der Waals surface area contributed by atoms with E-state index in [9.17, 15) is 18.3 Å². The predicted octanol–water partition coefficient (Wildman–Crippen LogP) is 4.70. The molecule has 192 valence electrons. The summed E-state index contributed by atoms with van der Waals surface area (Å²) >= 11 is 0. The van der Waals surface area contributed by atoms with Gasteiger partial charge in [-0.2, -0.15) is 0 Å². The number of hydrogen-bond acceptors (Lipinski definition) is 5. The van der Waals surface area contributed by atoms with Gasteiger partial charge in [0.2, 0.25) is 0 Å². The Balaban J connectivity index is 1.42. The molecule has 0 saturated heterocycles. The fraction of sp³-hybridized carbons (Fsp3) is 0.250. The summed E-state index contributed by atoms with van der Waals surface area (Å²) in [6.45, 7) is 1.67. The molecule has 1 aliphatic heterocycles. The fourth-order valence-electron chi connectivity index (χ4n) is 4.65. The quantitative estimate of drug-likeness (QED) is 0.277. The van der Waals surface area contributed by atoms with Crippen LogP contribution in [-0.2, 0) is 6.54 Å². The Labute approximate surface area is 212 Å². The fourth-order valence-corrected chi connectivity index (χ4v) is 4.65. The maximum absolute atomic E-state index is 15.0. The first kappa shape index (κ1) is 25.0. The molecule has 1 atom stereocenters. The average molecular weight is 509 g/mol. The number of H-pyrrole nitrogens is 1. The van der Waals surface area contributed by atoms with Gasteiger partial charge in [0.25, 0.3) is 0 Å². The van der Waals surface area contributed by atoms with Crippen LogP contribution in [0.3, 0.4) is 0 Å². The van der Waals surface area contributed by atoms with E-state index in [0.29, 0.717) is 35.2 Å². The molecule has 0 bridgehead atoms. The molecular weight excluding hydrogens is 481 g/mol. The van der Waals surface area contributed by atoms with Crippen LogP contribution in [0.5, 0.6) is 0 Å². The lowest BCUT2D eigenvalue weighted by atomic mass is 10.0. The molecule has 6 nitrogen and oxygen atoms in total. The third kappa shape index (κ3) is 5.53. The number of hydrogen-bond donors (Lipinski definition) is 4. The number of nitrogens with zero attached hydrogens (tertiary/aromatic N) is 2. The number of rotatable bonds is 8. The van der Waals surface area contributed by atoms with Gasteiger partial charge in [0.05, 0.1) is 18.4 Å². The topological polar surface area (TPSA) is 84.4 Å². The number of nitrogens with one attached hydrogen (secondary N) is 2. The van der Waals surface area contributed by atoms with E-state index in [0.717, 1.165) is 30.3 Å².